The molecule has 0 saturated carbocycles. The minimum Gasteiger partial charge on any atom is -0.341 e. The first-order chi connectivity index (χ1) is 12.1. The van der Waals surface area contributed by atoms with Crippen LogP contribution in [0.3, 0.4) is 0 Å². The van der Waals surface area contributed by atoms with Crippen molar-refractivity contribution in [2.75, 3.05) is 31.5 Å². The van der Waals surface area contributed by atoms with Gasteiger partial charge < -0.3 is 15.5 Å². The number of nitrogens with zero attached hydrogens (tertiary/aromatic N) is 2. The molecule has 2 N–H and O–H groups in total. The number of carbonyl (C=O) groups excluding carboxylic acids is 2. The van der Waals surface area contributed by atoms with Gasteiger partial charge >= 0.3 is 6.03 Å². The predicted octanol–water partition coefficient (Wildman–Crippen LogP) is 2.28. The van der Waals surface area contributed by atoms with E-state index in [-0.39, 0.29) is 24.0 Å². The van der Waals surface area contributed by atoms with Crippen LogP contribution in [0.15, 0.2) is 30.3 Å². The van der Waals surface area contributed by atoms with Gasteiger partial charge in [0.25, 0.3) is 0 Å². The van der Waals surface area contributed by atoms with Gasteiger partial charge in [0.05, 0.1) is 6.04 Å². The van der Waals surface area contributed by atoms with Crippen LogP contribution in [0.25, 0.3) is 0 Å². The number of urea groups is 1. The van der Waals surface area contributed by atoms with E-state index in [0.717, 1.165) is 57.5 Å². The van der Waals surface area contributed by atoms with Crippen LogP contribution in [0.4, 0.5) is 10.5 Å². The summed E-state index contributed by atoms with van der Waals surface area (Å²) < 4.78 is 0. The summed E-state index contributed by atoms with van der Waals surface area (Å²) in [6.45, 7) is 5.51. The fourth-order valence-electron chi connectivity index (χ4n) is 3.66. The number of rotatable bonds is 4. The second-order valence-electron chi connectivity index (χ2n) is 6.98. The van der Waals surface area contributed by atoms with Crippen molar-refractivity contribution < 1.29 is 9.59 Å². The van der Waals surface area contributed by atoms with Crippen molar-refractivity contribution in [3.05, 3.63) is 30.3 Å². The van der Waals surface area contributed by atoms with E-state index in [9.17, 15) is 9.59 Å². The molecule has 0 aliphatic carbocycles. The Labute approximate surface area is 149 Å². The van der Waals surface area contributed by atoms with E-state index in [1.165, 1.54) is 0 Å². The maximum atomic E-state index is 12.5. The topological polar surface area (TPSA) is 64.7 Å². The third-order valence-electron chi connectivity index (χ3n) is 5.22. The number of likely N-dealkylation sites (tertiary alicyclic amines) is 2. The largest absolute Gasteiger partial charge is 0.341 e. The average molecular weight is 344 g/mol. The van der Waals surface area contributed by atoms with Crippen molar-refractivity contribution in [1.82, 2.24) is 15.1 Å². The standard InChI is InChI=1S/C19H28N4O2/c1-15(18(24)23-11-5-6-12-23)22-13-9-17(10-14-22)21-19(25)20-16-7-3-2-4-8-16/h2-4,7-8,15,17H,5-6,9-14H2,1H3,(H2,20,21,25)/t15-/m1/s1. The van der Waals surface area contributed by atoms with E-state index < -0.39 is 0 Å². The lowest BCUT2D eigenvalue weighted by atomic mass is 10.0. The fraction of sp³-hybridized carbons (Fsp3) is 0.579. The Kier molecular flexibility index (Phi) is 5.91. The minimum atomic E-state index is -0.161. The molecule has 1 atom stereocenters. The van der Waals surface area contributed by atoms with Gasteiger partial charge in [-0.2, -0.15) is 0 Å². The summed E-state index contributed by atoms with van der Waals surface area (Å²) in [5.41, 5.74) is 0.794. The number of piperidine rings is 1. The van der Waals surface area contributed by atoms with Crippen molar-refractivity contribution in [2.24, 2.45) is 0 Å². The second kappa shape index (κ2) is 8.34. The Hall–Kier alpha value is -2.08. The average Bonchev–Trinajstić information content (AvgIpc) is 3.16. The molecule has 0 radical (unpaired) electrons. The summed E-state index contributed by atoms with van der Waals surface area (Å²) in [6.07, 6.45) is 4.00. The van der Waals surface area contributed by atoms with E-state index >= 15 is 0 Å². The van der Waals surface area contributed by atoms with E-state index in [1.54, 1.807) is 0 Å². The molecule has 3 rings (SSSR count). The molecule has 0 aromatic heterocycles. The zero-order valence-electron chi connectivity index (χ0n) is 14.9. The zero-order valence-corrected chi connectivity index (χ0v) is 14.9. The smallest absolute Gasteiger partial charge is 0.319 e. The monoisotopic (exact) mass is 344 g/mol. The third kappa shape index (κ3) is 4.72. The highest BCUT2D eigenvalue weighted by Crippen LogP contribution is 2.17. The van der Waals surface area contributed by atoms with Crippen LogP contribution in [-0.4, -0.2) is 60.0 Å². The van der Waals surface area contributed by atoms with Gasteiger partial charge in [-0.05, 0) is 44.7 Å². The number of hydrogen-bond donors (Lipinski definition) is 2. The Bertz CT molecular complexity index is 578. The molecule has 2 heterocycles. The molecule has 6 heteroatoms. The number of amides is 3. The van der Waals surface area contributed by atoms with E-state index in [2.05, 4.69) is 15.5 Å². The van der Waals surface area contributed by atoms with Crippen LogP contribution in [0.5, 0.6) is 0 Å². The van der Waals surface area contributed by atoms with Gasteiger partial charge in [-0.1, -0.05) is 18.2 Å². The van der Waals surface area contributed by atoms with Gasteiger partial charge in [-0.15, -0.1) is 0 Å². The lowest BCUT2D eigenvalue weighted by molar-refractivity contribution is -0.135. The molecular formula is C19H28N4O2. The van der Waals surface area contributed by atoms with Crippen molar-refractivity contribution in [2.45, 2.75) is 44.7 Å². The molecule has 0 bridgehead atoms. The lowest BCUT2D eigenvalue weighted by Crippen LogP contribution is -2.52. The van der Waals surface area contributed by atoms with Crippen molar-refractivity contribution in [1.29, 1.82) is 0 Å². The number of benzene rings is 1. The number of anilines is 1. The first kappa shape index (κ1) is 17.7. The van der Waals surface area contributed by atoms with Crippen LogP contribution in [0.2, 0.25) is 0 Å². The molecule has 2 aliphatic rings. The maximum Gasteiger partial charge on any atom is 0.319 e. The van der Waals surface area contributed by atoms with Gasteiger partial charge in [0.1, 0.15) is 0 Å². The summed E-state index contributed by atoms with van der Waals surface area (Å²) in [7, 11) is 0. The summed E-state index contributed by atoms with van der Waals surface area (Å²) in [4.78, 5) is 28.8. The van der Waals surface area contributed by atoms with Gasteiger partial charge in [-0.25, -0.2) is 4.79 Å². The van der Waals surface area contributed by atoms with E-state index in [4.69, 9.17) is 0 Å². The number of para-hydroxylation sites is 1. The second-order valence-corrected chi connectivity index (χ2v) is 6.98. The first-order valence-corrected chi connectivity index (χ1v) is 9.29. The van der Waals surface area contributed by atoms with Crippen LogP contribution in [0.1, 0.15) is 32.6 Å². The number of hydrogen-bond acceptors (Lipinski definition) is 3. The molecule has 25 heavy (non-hydrogen) atoms. The molecular weight excluding hydrogens is 316 g/mol. The molecule has 2 aliphatic heterocycles. The molecule has 136 valence electrons. The van der Waals surface area contributed by atoms with Crippen LogP contribution < -0.4 is 10.6 Å². The van der Waals surface area contributed by atoms with E-state index in [1.807, 2.05) is 42.2 Å². The highest BCUT2D eigenvalue weighted by Gasteiger charge is 2.30. The Morgan fingerprint density at radius 2 is 1.68 bits per heavy atom. The van der Waals surface area contributed by atoms with Gasteiger partial charge in [0, 0.05) is 37.9 Å². The highest BCUT2D eigenvalue weighted by atomic mass is 16.2. The summed E-state index contributed by atoms with van der Waals surface area (Å²) in [6, 6.07) is 9.39. The molecule has 2 saturated heterocycles. The summed E-state index contributed by atoms with van der Waals surface area (Å²) >= 11 is 0. The molecule has 6 nitrogen and oxygen atoms in total. The normalized spacial score (nSPS) is 20.3. The lowest BCUT2D eigenvalue weighted by Gasteiger charge is -2.36. The number of nitrogens with one attached hydrogen (secondary N) is 2. The predicted molar refractivity (Wildman–Crippen MR) is 98.5 cm³/mol. The Balaban J connectivity index is 1.42. The maximum absolute atomic E-state index is 12.5. The molecule has 1 aromatic rings. The quantitative estimate of drug-likeness (QED) is 0.881. The summed E-state index contributed by atoms with van der Waals surface area (Å²) in [5.74, 6) is 0.255. The summed E-state index contributed by atoms with van der Waals surface area (Å²) in [5, 5.41) is 5.89. The van der Waals surface area contributed by atoms with Crippen molar-refractivity contribution >= 4 is 17.6 Å². The third-order valence-corrected chi connectivity index (χ3v) is 5.22. The van der Waals surface area contributed by atoms with Gasteiger partial charge in [0.2, 0.25) is 5.91 Å². The zero-order chi connectivity index (χ0) is 17.6. The Morgan fingerprint density at radius 1 is 1.04 bits per heavy atom. The van der Waals surface area contributed by atoms with Gasteiger partial charge in [-0.3, -0.25) is 9.69 Å². The molecule has 0 spiro atoms. The van der Waals surface area contributed by atoms with Crippen LogP contribution >= 0.6 is 0 Å². The molecule has 3 amide bonds. The highest BCUT2D eigenvalue weighted by molar-refractivity contribution is 5.89. The van der Waals surface area contributed by atoms with Gasteiger partial charge in [0.15, 0.2) is 0 Å². The van der Waals surface area contributed by atoms with E-state index in [0.29, 0.717) is 0 Å². The Morgan fingerprint density at radius 3 is 2.32 bits per heavy atom. The van der Waals surface area contributed by atoms with Crippen LogP contribution in [0, 0.1) is 0 Å². The van der Waals surface area contributed by atoms with Crippen LogP contribution in [-0.2, 0) is 4.79 Å². The fourth-order valence-corrected chi connectivity index (χ4v) is 3.66. The number of carbonyl (C=O) groups is 2. The first-order valence-electron chi connectivity index (χ1n) is 9.29. The van der Waals surface area contributed by atoms with Crippen molar-refractivity contribution in [3.63, 3.8) is 0 Å². The SMILES string of the molecule is C[C@H](C(=O)N1CCCC1)N1CCC(NC(=O)Nc2ccccc2)CC1. The minimum absolute atomic E-state index is 0.0582. The molecule has 1 aromatic carbocycles. The molecule has 2 fully saturated rings. The molecule has 0 unspecified atom stereocenters. The van der Waals surface area contributed by atoms with Crippen molar-refractivity contribution in [3.8, 4) is 0 Å².